The van der Waals surface area contributed by atoms with E-state index in [-0.39, 0.29) is 98.2 Å². The SMILES string of the molecule is CCC(=O)OCc1ccc(NC(=O)[C@H](CCCNC(N)=O)NC(=O)[C@@H](NC(=O)[C@H](CCC(=O)O)NC(=O)[C@H](CCC(=O)O)NC(=O)[C@H](CCC(=O)O)NC(=O)CCOCCOCCOCCOCCN2C(=O)C=CC2=O)C(C)C)cc1. The van der Waals surface area contributed by atoms with E-state index in [4.69, 9.17) is 29.4 Å². The lowest BCUT2D eigenvalue weighted by Crippen LogP contribution is -2.60. The van der Waals surface area contributed by atoms with E-state index in [0.29, 0.717) is 11.3 Å². The molecule has 0 spiro atoms. The molecule has 0 aromatic heterocycles. The normalized spacial score (nSPS) is 13.7. The van der Waals surface area contributed by atoms with Gasteiger partial charge in [-0.15, -0.1) is 0 Å². The Morgan fingerprint density at radius 1 is 0.556 bits per heavy atom. The van der Waals surface area contributed by atoms with Crippen LogP contribution in [0.25, 0.3) is 0 Å². The molecule has 0 fully saturated rings. The number of imide groups is 1. The number of carbonyl (C=O) groups is 13. The second-order valence-corrected chi connectivity index (χ2v) is 18.3. The van der Waals surface area contributed by atoms with Gasteiger partial charge in [0.15, 0.2) is 0 Å². The molecule has 0 aliphatic carbocycles. The van der Waals surface area contributed by atoms with Gasteiger partial charge >= 0.3 is 29.9 Å². The van der Waals surface area contributed by atoms with Gasteiger partial charge in [-0.25, -0.2) is 4.79 Å². The lowest BCUT2D eigenvalue weighted by molar-refractivity contribution is -0.144. The van der Waals surface area contributed by atoms with Crippen LogP contribution in [0.4, 0.5) is 10.5 Å². The van der Waals surface area contributed by atoms with E-state index in [9.17, 15) is 77.6 Å². The summed E-state index contributed by atoms with van der Waals surface area (Å²) in [4.78, 5) is 164. The van der Waals surface area contributed by atoms with Crippen LogP contribution in [0.5, 0.6) is 0 Å². The van der Waals surface area contributed by atoms with Gasteiger partial charge in [-0.2, -0.15) is 0 Å². The molecule has 12 N–H and O–H groups in total. The summed E-state index contributed by atoms with van der Waals surface area (Å²) in [5, 5.41) is 45.5. The van der Waals surface area contributed by atoms with Gasteiger partial charge < -0.3 is 82.0 Å². The van der Waals surface area contributed by atoms with Gasteiger partial charge in [0, 0.05) is 56.5 Å². The molecule has 0 saturated carbocycles. The van der Waals surface area contributed by atoms with Crippen LogP contribution in [0, 0.1) is 5.92 Å². The summed E-state index contributed by atoms with van der Waals surface area (Å²) in [7, 11) is 0. The van der Waals surface area contributed by atoms with Gasteiger partial charge in [-0.3, -0.25) is 62.4 Å². The Morgan fingerprint density at radius 2 is 1.00 bits per heavy atom. The van der Waals surface area contributed by atoms with Crippen molar-refractivity contribution in [1.29, 1.82) is 0 Å². The van der Waals surface area contributed by atoms with E-state index in [2.05, 4.69) is 37.2 Å². The van der Waals surface area contributed by atoms with E-state index in [0.717, 1.165) is 4.90 Å². The summed E-state index contributed by atoms with van der Waals surface area (Å²) in [5.74, 6) is -11.8. The number of carbonyl (C=O) groups excluding carboxylic acids is 10. The van der Waals surface area contributed by atoms with Crippen molar-refractivity contribution in [2.45, 2.75) is 122 Å². The molecule has 1 aliphatic rings. The summed E-state index contributed by atoms with van der Waals surface area (Å²) >= 11 is 0. The van der Waals surface area contributed by atoms with Crippen molar-refractivity contribution in [2.75, 3.05) is 71.3 Å². The molecular formula is C51H75N9O21. The molecule has 81 heavy (non-hydrogen) atoms. The number of nitrogens with zero attached hydrogens (tertiary/aromatic N) is 1. The third-order valence-electron chi connectivity index (χ3n) is 11.6. The van der Waals surface area contributed by atoms with Gasteiger partial charge in [0.05, 0.1) is 59.4 Å². The Hall–Kier alpha value is -8.09. The first-order valence-corrected chi connectivity index (χ1v) is 26.1. The fraction of sp³-hybridized carbons (Fsp3) is 0.588. The average Bonchev–Trinajstić information content (AvgIpc) is 3.73. The van der Waals surface area contributed by atoms with Crippen molar-refractivity contribution in [3.8, 4) is 0 Å². The molecule has 450 valence electrons. The molecular weight excluding hydrogens is 1070 g/mol. The number of nitrogens with one attached hydrogen (secondary N) is 7. The summed E-state index contributed by atoms with van der Waals surface area (Å²) in [5.41, 5.74) is 6.10. The highest BCUT2D eigenvalue weighted by molar-refractivity contribution is 6.12. The molecule has 1 heterocycles. The predicted molar refractivity (Wildman–Crippen MR) is 281 cm³/mol. The van der Waals surface area contributed by atoms with Crippen LogP contribution in [0.1, 0.15) is 90.5 Å². The van der Waals surface area contributed by atoms with Gasteiger partial charge in [-0.1, -0.05) is 32.9 Å². The summed E-state index contributed by atoms with van der Waals surface area (Å²) in [6.45, 7) is 5.85. The van der Waals surface area contributed by atoms with Crippen LogP contribution < -0.4 is 43.0 Å². The largest absolute Gasteiger partial charge is 0.481 e. The number of amides is 10. The zero-order valence-corrected chi connectivity index (χ0v) is 45.5. The number of aliphatic carboxylic acids is 3. The standard InChI is InChI=1S/C51H75N9O21/c1-4-44(70)81-30-32-7-9-33(10-8-32)54-46(71)34(6-5-20-53-51(52)76)58-50(75)45(31(2)3)59-49(74)37(13-18-43(68)69)57-48(73)36(12-17-42(66)67)56-47(72)35(11-16-41(64)65)55-38(61)19-22-77-24-26-79-28-29-80-27-25-78-23-21-60-39(62)14-15-40(60)63/h7-10,14-15,31,34-37,45H,4-6,11-13,16-30H2,1-3H3,(H,54,71)(H,55,61)(H,56,72)(H,57,73)(H,58,75)(H,59,74)(H,64,65)(H,66,67)(H,68,69)(H3,52,53,76)/t34-,35-,36-,37-,45-/m0/s1. The Morgan fingerprint density at radius 3 is 1.47 bits per heavy atom. The molecule has 30 heteroatoms. The third kappa shape index (κ3) is 29.6. The van der Waals surface area contributed by atoms with Crippen LogP contribution in [0.15, 0.2) is 36.4 Å². The molecule has 0 saturated heterocycles. The number of carboxylic acid groups (broad SMARTS) is 3. The number of urea groups is 1. The monoisotopic (exact) mass is 1150 g/mol. The number of esters is 1. The van der Waals surface area contributed by atoms with Crippen molar-refractivity contribution < 1.29 is 101 Å². The Labute approximate surface area is 466 Å². The quantitative estimate of drug-likeness (QED) is 0.0203. The molecule has 1 aromatic carbocycles. The molecule has 1 aromatic rings. The minimum absolute atomic E-state index is 0.00916. The first-order valence-electron chi connectivity index (χ1n) is 26.1. The zero-order valence-electron chi connectivity index (χ0n) is 45.5. The van der Waals surface area contributed by atoms with Crippen LogP contribution >= 0.6 is 0 Å². The van der Waals surface area contributed by atoms with Crippen molar-refractivity contribution in [2.24, 2.45) is 11.7 Å². The third-order valence-corrected chi connectivity index (χ3v) is 11.6. The number of rotatable bonds is 43. The molecule has 10 amide bonds. The maximum Gasteiger partial charge on any atom is 0.312 e. The van der Waals surface area contributed by atoms with Crippen LogP contribution in [-0.4, -0.2) is 194 Å². The zero-order chi connectivity index (χ0) is 60.3. The minimum Gasteiger partial charge on any atom is -0.481 e. The lowest BCUT2D eigenvalue weighted by atomic mass is 10.0. The highest BCUT2D eigenvalue weighted by Gasteiger charge is 2.34. The number of hydrogen-bond donors (Lipinski definition) is 11. The maximum atomic E-state index is 14.0. The van der Waals surface area contributed by atoms with E-state index in [1.807, 2.05) is 0 Å². The Bertz CT molecular complexity index is 2320. The van der Waals surface area contributed by atoms with Gasteiger partial charge in [0.25, 0.3) is 11.8 Å². The first-order chi connectivity index (χ1) is 38.5. The van der Waals surface area contributed by atoms with Gasteiger partial charge in [0.2, 0.25) is 35.4 Å². The summed E-state index contributed by atoms with van der Waals surface area (Å²) < 4.78 is 26.7. The van der Waals surface area contributed by atoms with Crippen LogP contribution in [-0.2, 0) is 87.8 Å². The van der Waals surface area contributed by atoms with Crippen molar-refractivity contribution >= 4 is 82.9 Å². The smallest absolute Gasteiger partial charge is 0.312 e. The van der Waals surface area contributed by atoms with Crippen molar-refractivity contribution in [1.82, 2.24) is 36.8 Å². The van der Waals surface area contributed by atoms with Gasteiger partial charge in [0.1, 0.15) is 36.8 Å². The fourth-order valence-electron chi connectivity index (χ4n) is 7.17. The molecule has 1 aliphatic heterocycles. The topological polar surface area (TPSA) is 442 Å². The van der Waals surface area contributed by atoms with Crippen molar-refractivity contribution in [3.63, 3.8) is 0 Å². The van der Waals surface area contributed by atoms with Crippen LogP contribution in [0.2, 0.25) is 0 Å². The molecule has 2 rings (SSSR count). The second kappa shape index (κ2) is 38.5. The van der Waals surface area contributed by atoms with E-state index >= 15 is 0 Å². The highest BCUT2D eigenvalue weighted by atomic mass is 16.6. The number of carboxylic acids is 3. The highest BCUT2D eigenvalue weighted by Crippen LogP contribution is 2.14. The molecule has 30 nitrogen and oxygen atoms in total. The number of anilines is 1. The number of nitrogens with two attached hydrogens (primary N) is 1. The van der Waals surface area contributed by atoms with Crippen molar-refractivity contribution in [3.05, 3.63) is 42.0 Å². The number of primary amides is 1. The number of hydrogen-bond acceptors (Lipinski definition) is 18. The van der Waals surface area contributed by atoms with Crippen LogP contribution in [0.3, 0.4) is 0 Å². The fourth-order valence-corrected chi connectivity index (χ4v) is 7.17. The average molecular weight is 1150 g/mol. The van der Waals surface area contributed by atoms with E-state index in [1.165, 1.54) is 38.1 Å². The molecule has 0 bridgehead atoms. The lowest BCUT2D eigenvalue weighted by Gasteiger charge is -2.28. The Balaban J connectivity index is 2.08. The molecule has 0 radical (unpaired) electrons. The first kappa shape index (κ1) is 69.0. The number of benzene rings is 1. The molecule has 5 atom stereocenters. The number of ether oxygens (including phenoxy) is 5. The van der Waals surface area contributed by atoms with E-state index < -0.39 is 152 Å². The summed E-state index contributed by atoms with van der Waals surface area (Å²) in [6, 6.07) is -2.34. The Kier molecular flexibility index (Phi) is 32.8. The predicted octanol–water partition coefficient (Wildman–Crippen LogP) is -1.42. The van der Waals surface area contributed by atoms with Gasteiger partial charge in [-0.05, 0) is 55.7 Å². The molecule has 0 unspecified atom stereocenters. The minimum atomic E-state index is -1.76. The second-order valence-electron chi connectivity index (χ2n) is 18.3. The van der Waals surface area contributed by atoms with E-state index in [1.54, 1.807) is 19.1 Å². The maximum absolute atomic E-state index is 14.0. The summed E-state index contributed by atoms with van der Waals surface area (Å²) in [6.07, 6.45) is -1.42.